The van der Waals surface area contributed by atoms with Gasteiger partial charge >= 0.3 is 0 Å². The quantitative estimate of drug-likeness (QED) is 0.870. The molecule has 2 aromatic rings. The number of aliphatic hydroxyl groups is 1. The molecular weight excluding hydrogens is 249 g/mol. The standard InChI is InChI=1S/C13H14FN3O2/c14-9-3-1-8(2-4-9)5-12-16-13(19-17-12)11-6-10(18)7-15-11/h1-4,10-11,15,18H,5-7H2/t10?,11-/m0/s1. The van der Waals surface area contributed by atoms with E-state index in [9.17, 15) is 9.50 Å². The Morgan fingerprint density at radius 1 is 1.37 bits per heavy atom. The predicted molar refractivity (Wildman–Crippen MR) is 64.9 cm³/mol. The molecule has 0 bridgehead atoms. The molecule has 0 radical (unpaired) electrons. The van der Waals surface area contributed by atoms with Gasteiger partial charge in [-0.15, -0.1) is 0 Å². The number of halogens is 1. The second-order valence-electron chi connectivity index (χ2n) is 4.70. The van der Waals surface area contributed by atoms with Crippen molar-refractivity contribution in [2.45, 2.75) is 25.0 Å². The van der Waals surface area contributed by atoms with Gasteiger partial charge in [0.25, 0.3) is 0 Å². The molecule has 0 aliphatic carbocycles. The van der Waals surface area contributed by atoms with Gasteiger partial charge in [0.05, 0.1) is 12.1 Å². The molecule has 0 spiro atoms. The van der Waals surface area contributed by atoms with E-state index in [1.165, 1.54) is 12.1 Å². The summed E-state index contributed by atoms with van der Waals surface area (Å²) in [5.41, 5.74) is 0.924. The summed E-state index contributed by atoms with van der Waals surface area (Å²) in [5, 5.41) is 16.5. The topological polar surface area (TPSA) is 71.2 Å². The number of hydrogen-bond acceptors (Lipinski definition) is 5. The summed E-state index contributed by atoms with van der Waals surface area (Å²) in [4.78, 5) is 4.30. The summed E-state index contributed by atoms with van der Waals surface area (Å²) < 4.78 is 18.0. The van der Waals surface area contributed by atoms with Crippen LogP contribution in [0.5, 0.6) is 0 Å². The molecule has 1 aliphatic heterocycles. The highest BCUT2D eigenvalue weighted by molar-refractivity contribution is 5.19. The highest BCUT2D eigenvalue weighted by Crippen LogP contribution is 2.22. The normalized spacial score (nSPS) is 22.8. The van der Waals surface area contributed by atoms with E-state index >= 15 is 0 Å². The Morgan fingerprint density at radius 3 is 2.84 bits per heavy atom. The van der Waals surface area contributed by atoms with Gasteiger partial charge in [0.15, 0.2) is 5.82 Å². The van der Waals surface area contributed by atoms with Gasteiger partial charge in [-0.05, 0) is 24.1 Å². The molecule has 1 aromatic carbocycles. The molecule has 1 aliphatic rings. The van der Waals surface area contributed by atoms with Gasteiger partial charge in [-0.1, -0.05) is 17.3 Å². The molecule has 6 heteroatoms. The first-order chi connectivity index (χ1) is 9.20. The van der Waals surface area contributed by atoms with Crippen LogP contribution in [0.1, 0.15) is 29.7 Å². The van der Waals surface area contributed by atoms with E-state index in [0.717, 1.165) is 5.56 Å². The molecular formula is C13H14FN3O2. The van der Waals surface area contributed by atoms with Gasteiger partial charge in [-0.3, -0.25) is 0 Å². The van der Waals surface area contributed by atoms with E-state index in [0.29, 0.717) is 31.1 Å². The third-order valence-corrected chi connectivity index (χ3v) is 3.17. The average Bonchev–Trinajstić information content (AvgIpc) is 3.01. The lowest BCUT2D eigenvalue weighted by Gasteiger charge is -2.01. The van der Waals surface area contributed by atoms with Crippen molar-refractivity contribution in [1.29, 1.82) is 0 Å². The first-order valence-electron chi connectivity index (χ1n) is 6.19. The van der Waals surface area contributed by atoms with Crippen molar-refractivity contribution >= 4 is 0 Å². The van der Waals surface area contributed by atoms with Gasteiger partial charge in [-0.25, -0.2) is 4.39 Å². The first-order valence-corrected chi connectivity index (χ1v) is 6.19. The van der Waals surface area contributed by atoms with Crippen molar-refractivity contribution < 1.29 is 14.0 Å². The number of β-amino-alcohol motifs (C(OH)–C–C–N with tert-alkyl or cyclic N) is 1. The predicted octanol–water partition coefficient (Wildman–Crippen LogP) is 1.19. The maximum absolute atomic E-state index is 12.8. The summed E-state index contributed by atoms with van der Waals surface area (Å²) in [6.07, 6.45) is 0.717. The Labute approximate surface area is 109 Å². The van der Waals surface area contributed by atoms with Crippen LogP contribution in [0.25, 0.3) is 0 Å². The summed E-state index contributed by atoms with van der Waals surface area (Å²) in [6, 6.07) is 6.13. The van der Waals surface area contributed by atoms with Crippen LogP contribution in [0.2, 0.25) is 0 Å². The third-order valence-electron chi connectivity index (χ3n) is 3.17. The zero-order chi connectivity index (χ0) is 13.2. The SMILES string of the molecule is OC1CN[C@H](c2nc(Cc3ccc(F)cc3)no2)C1. The van der Waals surface area contributed by atoms with Gasteiger partial charge < -0.3 is 14.9 Å². The summed E-state index contributed by atoms with van der Waals surface area (Å²) in [6.45, 7) is 0.542. The molecule has 100 valence electrons. The second-order valence-corrected chi connectivity index (χ2v) is 4.70. The lowest BCUT2D eigenvalue weighted by atomic mass is 10.1. The van der Waals surface area contributed by atoms with Crippen molar-refractivity contribution in [3.8, 4) is 0 Å². The molecule has 19 heavy (non-hydrogen) atoms. The highest BCUT2D eigenvalue weighted by Gasteiger charge is 2.27. The molecule has 0 amide bonds. The number of nitrogens with one attached hydrogen (secondary N) is 1. The molecule has 2 N–H and O–H groups in total. The van der Waals surface area contributed by atoms with Crippen molar-refractivity contribution in [1.82, 2.24) is 15.5 Å². The summed E-state index contributed by atoms with van der Waals surface area (Å²) in [7, 11) is 0. The van der Waals surface area contributed by atoms with Crippen LogP contribution >= 0.6 is 0 Å². The van der Waals surface area contributed by atoms with Crippen molar-refractivity contribution in [3.63, 3.8) is 0 Å². The lowest BCUT2D eigenvalue weighted by molar-refractivity contribution is 0.191. The van der Waals surface area contributed by atoms with E-state index in [-0.39, 0.29) is 18.0 Å². The highest BCUT2D eigenvalue weighted by atomic mass is 19.1. The van der Waals surface area contributed by atoms with Gasteiger partial charge in [0.2, 0.25) is 5.89 Å². The Hall–Kier alpha value is -1.79. The minimum Gasteiger partial charge on any atom is -0.392 e. The maximum Gasteiger partial charge on any atom is 0.243 e. The molecule has 5 nitrogen and oxygen atoms in total. The number of nitrogens with zero attached hydrogens (tertiary/aromatic N) is 2. The molecule has 0 saturated carbocycles. The zero-order valence-corrected chi connectivity index (χ0v) is 10.2. The molecule has 1 aromatic heterocycles. The Morgan fingerprint density at radius 2 is 2.16 bits per heavy atom. The molecule has 3 rings (SSSR count). The van der Waals surface area contributed by atoms with Crippen LogP contribution in [-0.4, -0.2) is 27.9 Å². The fourth-order valence-corrected chi connectivity index (χ4v) is 2.17. The summed E-state index contributed by atoms with van der Waals surface area (Å²) >= 11 is 0. The molecule has 2 heterocycles. The summed E-state index contributed by atoms with van der Waals surface area (Å²) in [5.74, 6) is 0.792. The van der Waals surface area contributed by atoms with Crippen LogP contribution in [-0.2, 0) is 6.42 Å². The van der Waals surface area contributed by atoms with Crippen molar-refractivity contribution in [3.05, 3.63) is 47.4 Å². The second kappa shape index (κ2) is 5.07. The number of aliphatic hydroxyl groups excluding tert-OH is 1. The van der Waals surface area contributed by atoms with Crippen LogP contribution in [0.3, 0.4) is 0 Å². The van der Waals surface area contributed by atoms with E-state index < -0.39 is 0 Å². The number of aromatic nitrogens is 2. The Kier molecular flexibility index (Phi) is 3.27. The molecule has 1 fully saturated rings. The van der Waals surface area contributed by atoms with E-state index in [4.69, 9.17) is 4.52 Å². The first kappa shape index (κ1) is 12.3. The van der Waals surface area contributed by atoms with E-state index in [2.05, 4.69) is 15.5 Å². The Balaban J connectivity index is 1.69. The van der Waals surface area contributed by atoms with Crippen molar-refractivity contribution in [2.75, 3.05) is 6.54 Å². The maximum atomic E-state index is 12.8. The fourth-order valence-electron chi connectivity index (χ4n) is 2.17. The van der Waals surface area contributed by atoms with Crippen molar-refractivity contribution in [2.24, 2.45) is 0 Å². The number of rotatable bonds is 3. The van der Waals surface area contributed by atoms with Crippen LogP contribution < -0.4 is 5.32 Å². The minimum atomic E-state index is -0.363. The lowest BCUT2D eigenvalue weighted by Crippen LogP contribution is -2.15. The average molecular weight is 263 g/mol. The molecule has 1 saturated heterocycles. The third kappa shape index (κ3) is 2.80. The number of hydrogen-bond donors (Lipinski definition) is 2. The van der Waals surface area contributed by atoms with Gasteiger partial charge in [0.1, 0.15) is 5.82 Å². The van der Waals surface area contributed by atoms with Gasteiger partial charge in [0, 0.05) is 13.0 Å². The van der Waals surface area contributed by atoms with E-state index in [1.54, 1.807) is 12.1 Å². The monoisotopic (exact) mass is 263 g/mol. The van der Waals surface area contributed by atoms with E-state index in [1.807, 2.05) is 0 Å². The largest absolute Gasteiger partial charge is 0.392 e. The van der Waals surface area contributed by atoms with Crippen LogP contribution in [0, 0.1) is 5.82 Å². The minimum absolute atomic E-state index is 0.0792. The fraction of sp³-hybridized carbons (Fsp3) is 0.385. The Bertz CT molecular complexity index is 555. The van der Waals surface area contributed by atoms with Crippen LogP contribution in [0.4, 0.5) is 4.39 Å². The van der Waals surface area contributed by atoms with Crippen LogP contribution in [0.15, 0.2) is 28.8 Å². The molecule has 1 unspecified atom stereocenters. The van der Waals surface area contributed by atoms with Gasteiger partial charge in [-0.2, -0.15) is 4.98 Å². The molecule has 2 atom stereocenters. The number of benzene rings is 1. The zero-order valence-electron chi connectivity index (χ0n) is 10.2. The smallest absolute Gasteiger partial charge is 0.243 e.